The van der Waals surface area contributed by atoms with Gasteiger partial charge < -0.3 is 19.2 Å². The quantitative estimate of drug-likeness (QED) is 0.525. The lowest BCUT2D eigenvalue weighted by Gasteiger charge is -2.32. The summed E-state index contributed by atoms with van der Waals surface area (Å²) in [5.74, 6) is 0. The Labute approximate surface area is 148 Å². The summed E-state index contributed by atoms with van der Waals surface area (Å²) >= 11 is 0. The Morgan fingerprint density at radius 2 is 1.75 bits per heavy atom. The summed E-state index contributed by atoms with van der Waals surface area (Å²) in [5.41, 5.74) is 0.196. The lowest BCUT2D eigenvalue weighted by atomic mass is 9.75. The topological polar surface area (TPSA) is 60.0 Å². The van der Waals surface area contributed by atoms with E-state index in [2.05, 4.69) is 46.0 Å². The molecule has 1 unspecified atom stereocenters. The molecule has 0 aromatic carbocycles. The summed E-state index contributed by atoms with van der Waals surface area (Å²) < 4.78 is 17.8. The predicted octanol–water partition coefficient (Wildman–Crippen LogP) is 3.07. The van der Waals surface area contributed by atoms with Crippen molar-refractivity contribution in [3.05, 3.63) is 11.5 Å². The summed E-state index contributed by atoms with van der Waals surface area (Å²) in [4.78, 5) is 0. The molecule has 0 amide bonds. The molecule has 1 aliphatic heterocycles. The first-order valence-electron chi connectivity index (χ1n) is 8.98. The van der Waals surface area contributed by atoms with Crippen LogP contribution in [0.1, 0.15) is 68.2 Å². The largest absolute Gasteiger partial charge is 0.490 e. The highest BCUT2D eigenvalue weighted by molar-refractivity contribution is 6.54. The number of allylic oxidation sites excluding steroid dienone is 1. The molecule has 1 saturated heterocycles. The lowest BCUT2D eigenvalue weighted by Crippen LogP contribution is -2.41. The van der Waals surface area contributed by atoms with Crippen molar-refractivity contribution >= 4 is 7.12 Å². The van der Waals surface area contributed by atoms with Crippen LogP contribution in [0.15, 0.2) is 11.5 Å². The standard InChI is InChI=1S/C18H36BNO4/c1-9-10-14(19-23-17(5,6)18(7,8)24-19)11-12-20-15(21)13-22-16(2,3)4/h10,15,20-21H,9,11-13H2,1-8H3/b14-10+. The van der Waals surface area contributed by atoms with Crippen LogP contribution in [0.25, 0.3) is 0 Å². The minimum atomic E-state index is -0.676. The van der Waals surface area contributed by atoms with E-state index in [-0.39, 0.29) is 30.5 Å². The first-order chi connectivity index (χ1) is 10.9. The first-order valence-corrected chi connectivity index (χ1v) is 8.98. The summed E-state index contributed by atoms with van der Waals surface area (Å²) in [6.45, 7) is 17.2. The maximum Gasteiger partial charge on any atom is 0.490 e. The van der Waals surface area contributed by atoms with Crippen molar-refractivity contribution in [1.29, 1.82) is 0 Å². The van der Waals surface area contributed by atoms with Crippen LogP contribution in [0.5, 0.6) is 0 Å². The van der Waals surface area contributed by atoms with Gasteiger partial charge in [0.15, 0.2) is 0 Å². The second-order valence-electron chi connectivity index (χ2n) is 8.42. The normalized spacial score (nSPS) is 22.0. The summed E-state index contributed by atoms with van der Waals surface area (Å²) in [5, 5.41) is 13.1. The van der Waals surface area contributed by atoms with E-state index < -0.39 is 6.23 Å². The molecule has 1 atom stereocenters. The molecule has 1 aliphatic rings. The minimum Gasteiger partial charge on any atom is -0.400 e. The van der Waals surface area contributed by atoms with Gasteiger partial charge in [0.1, 0.15) is 6.23 Å². The zero-order chi connectivity index (χ0) is 18.6. The second-order valence-corrected chi connectivity index (χ2v) is 8.42. The monoisotopic (exact) mass is 341 g/mol. The van der Waals surface area contributed by atoms with Crippen molar-refractivity contribution in [3.63, 3.8) is 0 Å². The maximum atomic E-state index is 9.97. The van der Waals surface area contributed by atoms with Gasteiger partial charge in [-0.25, -0.2) is 0 Å². The van der Waals surface area contributed by atoms with Gasteiger partial charge in [0, 0.05) is 6.54 Å². The van der Waals surface area contributed by atoms with Crippen LogP contribution in [-0.4, -0.2) is 48.4 Å². The molecular weight excluding hydrogens is 305 g/mol. The molecule has 1 rings (SSSR count). The van der Waals surface area contributed by atoms with E-state index in [9.17, 15) is 5.11 Å². The molecular formula is C18H36BNO4. The van der Waals surface area contributed by atoms with Gasteiger partial charge in [0.2, 0.25) is 0 Å². The Balaban J connectivity index is 2.50. The van der Waals surface area contributed by atoms with Gasteiger partial charge in [-0.15, -0.1) is 0 Å². The molecule has 2 N–H and O–H groups in total. The molecule has 0 aromatic rings. The summed E-state index contributed by atoms with van der Waals surface area (Å²) in [6.07, 6.45) is 3.17. The van der Waals surface area contributed by atoms with Crippen molar-refractivity contribution in [2.75, 3.05) is 13.2 Å². The van der Waals surface area contributed by atoms with E-state index >= 15 is 0 Å². The average Bonchev–Trinajstić information content (AvgIpc) is 2.63. The number of hydrogen-bond acceptors (Lipinski definition) is 5. The van der Waals surface area contributed by atoms with Gasteiger partial charge in [0.05, 0.1) is 23.4 Å². The average molecular weight is 341 g/mol. The van der Waals surface area contributed by atoms with Crippen LogP contribution < -0.4 is 5.32 Å². The Morgan fingerprint density at radius 1 is 1.21 bits per heavy atom. The fraction of sp³-hybridized carbons (Fsp3) is 0.889. The Kier molecular flexibility index (Phi) is 7.51. The van der Waals surface area contributed by atoms with Crippen LogP contribution >= 0.6 is 0 Å². The Hall–Kier alpha value is -0.395. The molecule has 0 aliphatic carbocycles. The molecule has 24 heavy (non-hydrogen) atoms. The number of hydrogen-bond donors (Lipinski definition) is 2. The number of nitrogens with one attached hydrogen (secondary N) is 1. The van der Waals surface area contributed by atoms with Gasteiger partial charge in [-0.1, -0.05) is 13.0 Å². The maximum absolute atomic E-state index is 9.97. The van der Waals surface area contributed by atoms with Crippen LogP contribution in [0.4, 0.5) is 0 Å². The van der Waals surface area contributed by atoms with Crippen LogP contribution in [0.3, 0.4) is 0 Å². The van der Waals surface area contributed by atoms with Crippen LogP contribution in [0.2, 0.25) is 0 Å². The molecule has 1 fully saturated rings. The fourth-order valence-corrected chi connectivity index (χ4v) is 2.34. The van der Waals surface area contributed by atoms with Gasteiger partial charge in [-0.05, 0) is 66.8 Å². The van der Waals surface area contributed by atoms with Crippen molar-refractivity contribution < 1.29 is 19.2 Å². The van der Waals surface area contributed by atoms with Crippen molar-refractivity contribution in [2.45, 2.75) is 91.3 Å². The van der Waals surface area contributed by atoms with E-state index in [1.807, 2.05) is 20.8 Å². The zero-order valence-electron chi connectivity index (χ0n) is 16.7. The molecule has 5 nitrogen and oxygen atoms in total. The fourth-order valence-electron chi connectivity index (χ4n) is 2.34. The van der Waals surface area contributed by atoms with E-state index in [4.69, 9.17) is 14.0 Å². The third kappa shape index (κ3) is 6.49. The van der Waals surface area contributed by atoms with Gasteiger partial charge in [0.25, 0.3) is 0 Å². The summed E-state index contributed by atoms with van der Waals surface area (Å²) in [7, 11) is -0.320. The number of rotatable bonds is 8. The lowest BCUT2D eigenvalue weighted by molar-refractivity contribution is -0.0573. The third-order valence-corrected chi connectivity index (χ3v) is 4.49. The molecule has 0 saturated carbocycles. The highest BCUT2D eigenvalue weighted by Gasteiger charge is 2.52. The van der Waals surface area contributed by atoms with Gasteiger partial charge in [-0.2, -0.15) is 0 Å². The highest BCUT2D eigenvalue weighted by atomic mass is 16.7. The van der Waals surface area contributed by atoms with E-state index in [1.165, 1.54) is 0 Å². The first kappa shape index (κ1) is 21.6. The number of aliphatic hydroxyl groups excluding tert-OH is 1. The zero-order valence-corrected chi connectivity index (χ0v) is 16.7. The Bertz CT molecular complexity index is 413. The van der Waals surface area contributed by atoms with Crippen molar-refractivity contribution in [2.24, 2.45) is 0 Å². The second kappa shape index (κ2) is 8.32. The van der Waals surface area contributed by atoms with E-state index in [0.717, 1.165) is 18.3 Å². The SMILES string of the molecule is CC/C=C(\CCNC(O)COC(C)(C)C)B1OC(C)(C)C(C)(C)O1. The molecule has 6 heteroatoms. The molecule has 140 valence electrons. The van der Waals surface area contributed by atoms with Gasteiger partial charge >= 0.3 is 7.12 Å². The third-order valence-electron chi connectivity index (χ3n) is 4.49. The Morgan fingerprint density at radius 3 is 2.21 bits per heavy atom. The van der Waals surface area contributed by atoms with E-state index in [1.54, 1.807) is 0 Å². The van der Waals surface area contributed by atoms with Crippen molar-refractivity contribution in [1.82, 2.24) is 5.32 Å². The molecule has 1 heterocycles. The molecule has 0 bridgehead atoms. The minimum absolute atomic E-state index is 0.251. The van der Waals surface area contributed by atoms with Gasteiger partial charge in [-0.3, -0.25) is 5.32 Å². The van der Waals surface area contributed by atoms with Crippen LogP contribution in [-0.2, 0) is 14.0 Å². The molecule has 0 aromatic heterocycles. The summed E-state index contributed by atoms with van der Waals surface area (Å²) in [6, 6.07) is 0. The molecule has 0 spiro atoms. The predicted molar refractivity (Wildman–Crippen MR) is 98.8 cm³/mol. The molecule has 0 radical (unpaired) electrons. The van der Waals surface area contributed by atoms with Crippen LogP contribution in [0, 0.1) is 0 Å². The number of ether oxygens (including phenoxy) is 1. The smallest absolute Gasteiger partial charge is 0.400 e. The van der Waals surface area contributed by atoms with Crippen molar-refractivity contribution in [3.8, 4) is 0 Å². The number of aliphatic hydroxyl groups is 1. The van der Waals surface area contributed by atoms with E-state index in [0.29, 0.717) is 6.54 Å². The highest BCUT2D eigenvalue weighted by Crippen LogP contribution is 2.39.